The Hall–Kier alpha value is -0.990. The van der Waals surface area contributed by atoms with Gasteiger partial charge >= 0.3 is 0 Å². The lowest BCUT2D eigenvalue weighted by molar-refractivity contribution is -0.119. The average molecular weight is 372 g/mol. The monoisotopic (exact) mass is 371 g/mol. The molecule has 2 N–H and O–H groups in total. The number of rotatable bonds is 3. The van der Waals surface area contributed by atoms with Gasteiger partial charge in [-0.15, -0.1) is 11.3 Å². The van der Waals surface area contributed by atoms with Crippen LogP contribution in [0.25, 0.3) is 0 Å². The zero-order chi connectivity index (χ0) is 17.2. The summed E-state index contributed by atoms with van der Waals surface area (Å²) in [4.78, 5) is 18.6. The van der Waals surface area contributed by atoms with Crippen LogP contribution in [0.1, 0.15) is 49.1 Å². The van der Waals surface area contributed by atoms with Gasteiger partial charge in [-0.2, -0.15) is 0 Å². The van der Waals surface area contributed by atoms with Gasteiger partial charge in [0.15, 0.2) is 19.7 Å². The maximum atomic E-state index is 12.8. The van der Waals surface area contributed by atoms with E-state index in [1.165, 1.54) is 35.3 Å². The number of sulfone groups is 1. The Kier molecular flexibility index (Phi) is 5.27. The summed E-state index contributed by atoms with van der Waals surface area (Å²) < 4.78 is 23.3. The minimum atomic E-state index is -3.50. The van der Waals surface area contributed by atoms with Crippen LogP contribution >= 0.6 is 11.3 Å². The SMILES string of the molecule is CS(=O)(=O)C1(C(=O)Nc2nc3c(s2)CCCCCC3)CCNCC1. The van der Waals surface area contributed by atoms with Crippen LogP contribution in [-0.4, -0.2) is 43.4 Å². The van der Waals surface area contributed by atoms with E-state index in [4.69, 9.17) is 0 Å². The van der Waals surface area contributed by atoms with Crippen molar-refractivity contribution in [1.29, 1.82) is 0 Å². The van der Waals surface area contributed by atoms with Gasteiger partial charge in [-0.25, -0.2) is 13.4 Å². The summed E-state index contributed by atoms with van der Waals surface area (Å²) in [5, 5.41) is 6.49. The lowest BCUT2D eigenvalue weighted by atomic mass is 9.96. The van der Waals surface area contributed by atoms with Gasteiger partial charge in [0, 0.05) is 11.1 Å². The molecule has 3 rings (SSSR count). The second-order valence-corrected chi connectivity index (χ2v) is 10.2. The fraction of sp³-hybridized carbons (Fsp3) is 0.750. The van der Waals surface area contributed by atoms with E-state index in [2.05, 4.69) is 15.6 Å². The second-order valence-electron chi connectivity index (χ2n) is 6.77. The number of nitrogens with one attached hydrogen (secondary N) is 2. The van der Waals surface area contributed by atoms with Gasteiger partial charge in [0.1, 0.15) is 0 Å². The zero-order valence-corrected chi connectivity index (χ0v) is 15.7. The van der Waals surface area contributed by atoms with Gasteiger partial charge in [-0.1, -0.05) is 12.8 Å². The quantitative estimate of drug-likeness (QED) is 0.847. The number of nitrogens with zero attached hydrogens (tertiary/aromatic N) is 1. The molecule has 1 aliphatic heterocycles. The topological polar surface area (TPSA) is 88.2 Å². The molecule has 8 heteroatoms. The highest BCUT2D eigenvalue weighted by Gasteiger charge is 2.48. The van der Waals surface area contributed by atoms with Gasteiger partial charge in [-0.3, -0.25) is 4.79 Å². The van der Waals surface area contributed by atoms with Gasteiger partial charge in [0.05, 0.1) is 5.69 Å². The molecular weight excluding hydrogens is 346 g/mol. The maximum Gasteiger partial charge on any atom is 0.247 e. The molecule has 24 heavy (non-hydrogen) atoms. The Morgan fingerprint density at radius 3 is 2.50 bits per heavy atom. The van der Waals surface area contributed by atoms with E-state index >= 15 is 0 Å². The molecule has 6 nitrogen and oxygen atoms in total. The first-order valence-electron chi connectivity index (χ1n) is 8.63. The first kappa shape index (κ1) is 17.8. The fourth-order valence-electron chi connectivity index (χ4n) is 3.57. The number of piperidine rings is 1. The van der Waals surface area contributed by atoms with Gasteiger partial charge in [0.2, 0.25) is 5.91 Å². The summed E-state index contributed by atoms with van der Waals surface area (Å²) in [6.45, 7) is 1.07. The summed E-state index contributed by atoms with van der Waals surface area (Å²) in [5.74, 6) is -0.423. The number of aromatic nitrogens is 1. The molecule has 0 aromatic carbocycles. The van der Waals surface area contributed by atoms with E-state index in [1.54, 1.807) is 0 Å². The lowest BCUT2D eigenvalue weighted by Gasteiger charge is -2.33. The summed E-state index contributed by atoms with van der Waals surface area (Å²) >= 11 is 1.51. The van der Waals surface area contributed by atoms with Crippen LogP contribution in [-0.2, 0) is 27.5 Å². The summed E-state index contributed by atoms with van der Waals surface area (Å²) in [6.07, 6.45) is 8.48. The highest BCUT2D eigenvalue weighted by atomic mass is 32.2. The largest absolute Gasteiger partial charge is 0.317 e. The fourth-order valence-corrected chi connectivity index (χ4v) is 5.95. The molecular formula is C16H25N3O3S2. The van der Waals surface area contributed by atoms with Gasteiger partial charge in [-0.05, 0) is 51.6 Å². The minimum absolute atomic E-state index is 0.308. The minimum Gasteiger partial charge on any atom is -0.317 e. The van der Waals surface area contributed by atoms with Crippen molar-refractivity contribution in [1.82, 2.24) is 10.3 Å². The van der Waals surface area contributed by atoms with Crippen LogP contribution in [0.5, 0.6) is 0 Å². The van der Waals surface area contributed by atoms with Gasteiger partial charge < -0.3 is 10.6 Å². The second kappa shape index (κ2) is 7.09. The van der Waals surface area contributed by atoms with E-state index in [1.807, 2.05) is 0 Å². The molecule has 0 saturated carbocycles. The number of amides is 1. The molecule has 134 valence electrons. The Bertz CT molecular complexity index is 681. The third-order valence-corrected chi connectivity index (χ3v) is 8.19. The zero-order valence-electron chi connectivity index (χ0n) is 14.1. The predicted molar refractivity (Wildman–Crippen MR) is 96.3 cm³/mol. The number of anilines is 1. The standard InChI is InChI=1S/C16H25N3O3S2/c1-24(21,22)16(8-10-17-11-9-16)14(20)19-15-18-12-6-4-2-3-5-7-13(12)23-15/h17H,2-11H2,1H3,(H,18,19,20). The van der Waals surface area contributed by atoms with E-state index in [0.717, 1.165) is 31.4 Å². The van der Waals surface area contributed by atoms with Crippen LogP contribution in [0.15, 0.2) is 0 Å². The van der Waals surface area contributed by atoms with Crippen LogP contribution in [0.2, 0.25) is 0 Å². The first-order chi connectivity index (χ1) is 11.4. The van der Waals surface area contributed by atoms with Crippen molar-refractivity contribution >= 4 is 32.2 Å². The van der Waals surface area contributed by atoms with Crippen molar-refractivity contribution in [3.05, 3.63) is 10.6 Å². The molecule has 0 bridgehead atoms. The average Bonchev–Trinajstić information content (AvgIpc) is 2.88. The molecule has 1 aliphatic carbocycles. The van der Waals surface area contributed by atoms with E-state index in [9.17, 15) is 13.2 Å². The van der Waals surface area contributed by atoms with Crippen LogP contribution < -0.4 is 10.6 Å². The van der Waals surface area contributed by atoms with Gasteiger partial charge in [0.25, 0.3) is 0 Å². The number of hydrogen-bond donors (Lipinski definition) is 2. The smallest absolute Gasteiger partial charge is 0.247 e. The Balaban J connectivity index is 1.82. The number of thiazole rings is 1. The molecule has 1 aromatic heterocycles. The Morgan fingerprint density at radius 1 is 1.17 bits per heavy atom. The maximum absolute atomic E-state index is 12.8. The van der Waals surface area contributed by atoms with E-state index in [-0.39, 0.29) is 0 Å². The Labute approximate surface area is 147 Å². The molecule has 0 atom stereocenters. The number of aryl methyl sites for hydroxylation is 2. The number of hydrogen-bond acceptors (Lipinski definition) is 6. The van der Waals surface area contributed by atoms with Crippen molar-refractivity contribution in [2.75, 3.05) is 24.7 Å². The van der Waals surface area contributed by atoms with Crippen LogP contribution in [0.3, 0.4) is 0 Å². The van der Waals surface area contributed by atoms with Crippen molar-refractivity contribution in [2.24, 2.45) is 0 Å². The molecule has 2 heterocycles. The lowest BCUT2D eigenvalue weighted by Crippen LogP contribution is -2.55. The number of fused-ring (bicyclic) bond motifs is 1. The third kappa shape index (κ3) is 3.50. The molecule has 1 aromatic rings. The molecule has 2 aliphatic rings. The molecule has 1 amide bonds. The molecule has 0 spiro atoms. The molecule has 1 fully saturated rings. The normalized spacial score (nSPS) is 21.4. The van der Waals surface area contributed by atoms with E-state index < -0.39 is 20.5 Å². The van der Waals surface area contributed by atoms with Crippen molar-refractivity contribution < 1.29 is 13.2 Å². The Morgan fingerprint density at radius 2 is 1.83 bits per heavy atom. The van der Waals surface area contributed by atoms with Crippen LogP contribution in [0, 0.1) is 0 Å². The van der Waals surface area contributed by atoms with Crippen molar-refractivity contribution in [3.63, 3.8) is 0 Å². The number of carbonyl (C=O) groups is 1. The summed E-state index contributed by atoms with van der Waals surface area (Å²) in [5.41, 5.74) is 1.08. The van der Waals surface area contributed by atoms with Crippen molar-refractivity contribution in [2.45, 2.75) is 56.1 Å². The third-order valence-electron chi connectivity index (χ3n) is 5.10. The van der Waals surface area contributed by atoms with Crippen LogP contribution in [0.4, 0.5) is 5.13 Å². The predicted octanol–water partition coefficient (Wildman–Crippen LogP) is 1.91. The first-order valence-corrected chi connectivity index (χ1v) is 11.3. The summed E-state index contributed by atoms with van der Waals surface area (Å²) in [7, 11) is -3.50. The highest BCUT2D eigenvalue weighted by Crippen LogP contribution is 2.32. The molecule has 1 saturated heterocycles. The summed E-state index contributed by atoms with van der Waals surface area (Å²) in [6, 6.07) is 0. The molecule has 0 unspecified atom stereocenters. The molecule has 0 radical (unpaired) electrons. The highest BCUT2D eigenvalue weighted by molar-refractivity contribution is 7.92. The van der Waals surface area contributed by atoms with E-state index in [0.29, 0.717) is 31.1 Å². The van der Waals surface area contributed by atoms with Crippen molar-refractivity contribution in [3.8, 4) is 0 Å². The number of carbonyl (C=O) groups excluding carboxylic acids is 1.